The topological polar surface area (TPSA) is 108 Å². The fraction of sp³-hybridized carbons (Fsp3) is 0.800. The van der Waals surface area contributed by atoms with E-state index in [9.17, 15) is 9.59 Å². The van der Waals surface area contributed by atoms with Crippen LogP contribution >= 0.6 is 0 Å². The highest BCUT2D eigenvalue weighted by Crippen LogP contribution is 2.10. The molecule has 1 heterocycles. The number of ether oxygens (including phenoxy) is 1. The van der Waals surface area contributed by atoms with Crippen molar-refractivity contribution in [3.8, 4) is 0 Å². The largest absolute Gasteiger partial charge is 0.480 e. The van der Waals surface area contributed by atoms with Crippen LogP contribution in [0.25, 0.3) is 0 Å². The molecule has 7 nitrogen and oxygen atoms in total. The first-order valence-electron chi connectivity index (χ1n) is 5.59. The lowest BCUT2D eigenvalue weighted by Gasteiger charge is -2.15. The minimum atomic E-state index is -1.15. The van der Waals surface area contributed by atoms with Crippen molar-refractivity contribution in [1.29, 1.82) is 0 Å². The van der Waals surface area contributed by atoms with Crippen LogP contribution in [0.3, 0.4) is 0 Å². The summed E-state index contributed by atoms with van der Waals surface area (Å²) in [5.41, 5.74) is 0. The van der Waals surface area contributed by atoms with Crippen LogP contribution in [0.5, 0.6) is 0 Å². The predicted octanol–water partition coefficient (Wildman–Crippen LogP) is -0.842. The number of carboxylic acid groups (broad SMARTS) is 1. The monoisotopic (exact) mass is 246 g/mol. The zero-order chi connectivity index (χ0) is 12.7. The third-order valence-corrected chi connectivity index (χ3v) is 2.60. The van der Waals surface area contributed by atoms with Crippen LogP contribution in [-0.4, -0.2) is 54.6 Å². The first kappa shape index (κ1) is 13.7. The molecular formula is C10H18N2O5. The summed E-state index contributed by atoms with van der Waals surface area (Å²) in [6.07, 6.45) is 0.897. The lowest BCUT2D eigenvalue weighted by atomic mass is 10.1. The number of aliphatic hydroxyl groups excluding tert-OH is 1. The standard InChI is InChI=1S/C10H18N2O5/c13-3-1-8(9(14)15)12-10(16)11-5-7-2-4-17-6-7/h7-8,13H,1-6H2,(H,14,15)(H2,11,12,16). The molecule has 2 unspecified atom stereocenters. The van der Waals surface area contributed by atoms with Gasteiger partial charge in [-0.2, -0.15) is 0 Å². The fourth-order valence-corrected chi connectivity index (χ4v) is 1.58. The normalized spacial score (nSPS) is 20.9. The van der Waals surface area contributed by atoms with E-state index in [0.29, 0.717) is 25.7 Å². The second-order valence-corrected chi connectivity index (χ2v) is 3.99. The summed E-state index contributed by atoms with van der Waals surface area (Å²) in [5, 5.41) is 22.3. The molecule has 1 aliphatic rings. The average Bonchev–Trinajstić information content (AvgIpc) is 2.78. The molecule has 17 heavy (non-hydrogen) atoms. The van der Waals surface area contributed by atoms with Crippen LogP contribution in [-0.2, 0) is 9.53 Å². The van der Waals surface area contributed by atoms with E-state index in [2.05, 4.69) is 10.6 Å². The van der Waals surface area contributed by atoms with E-state index in [-0.39, 0.29) is 13.0 Å². The van der Waals surface area contributed by atoms with Gasteiger partial charge in [0.05, 0.1) is 6.61 Å². The summed E-state index contributed by atoms with van der Waals surface area (Å²) in [4.78, 5) is 22.1. The Morgan fingerprint density at radius 1 is 1.47 bits per heavy atom. The molecule has 0 aromatic carbocycles. The zero-order valence-corrected chi connectivity index (χ0v) is 9.52. The van der Waals surface area contributed by atoms with Gasteiger partial charge in [-0.05, 0) is 6.42 Å². The lowest BCUT2D eigenvalue weighted by molar-refractivity contribution is -0.139. The average molecular weight is 246 g/mol. The number of amides is 2. The molecule has 1 saturated heterocycles. The van der Waals surface area contributed by atoms with Gasteiger partial charge in [-0.25, -0.2) is 9.59 Å². The quantitative estimate of drug-likeness (QED) is 0.488. The maximum absolute atomic E-state index is 11.4. The van der Waals surface area contributed by atoms with Crippen LogP contribution in [0.4, 0.5) is 4.79 Å². The molecule has 7 heteroatoms. The third kappa shape index (κ3) is 5.01. The first-order valence-corrected chi connectivity index (χ1v) is 5.59. The molecule has 2 amide bonds. The van der Waals surface area contributed by atoms with Crippen LogP contribution in [0, 0.1) is 5.92 Å². The van der Waals surface area contributed by atoms with Crippen molar-refractivity contribution in [2.45, 2.75) is 18.9 Å². The maximum atomic E-state index is 11.4. The minimum Gasteiger partial charge on any atom is -0.480 e. The molecule has 0 aromatic rings. The Hall–Kier alpha value is -1.34. The number of carbonyl (C=O) groups excluding carboxylic acids is 1. The molecule has 0 spiro atoms. The number of urea groups is 1. The molecule has 1 fully saturated rings. The van der Waals surface area contributed by atoms with E-state index in [0.717, 1.165) is 6.42 Å². The zero-order valence-electron chi connectivity index (χ0n) is 9.52. The molecule has 0 radical (unpaired) electrons. The summed E-state index contributed by atoms with van der Waals surface area (Å²) in [6, 6.07) is -1.59. The number of rotatable bonds is 6. The molecule has 2 atom stereocenters. The summed E-state index contributed by atoms with van der Waals surface area (Å²) >= 11 is 0. The van der Waals surface area contributed by atoms with E-state index < -0.39 is 18.0 Å². The van der Waals surface area contributed by atoms with Crippen LogP contribution in [0.1, 0.15) is 12.8 Å². The number of hydrogen-bond acceptors (Lipinski definition) is 4. The van der Waals surface area contributed by atoms with Gasteiger partial charge < -0.3 is 25.6 Å². The van der Waals surface area contributed by atoms with Gasteiger partial charge in [0.1, 0.15) is 6.04 Å². The Morgan fingerprint density at radius 3 is 2.76 bits per heavy atom. The highest BCUT2D eigenvalue weighted by atomic mass is 16.5. The van der Waals surface area contributed by atoms with E-state index in [1.54, 1.807) is 0 Å². The van der Waals surface area contributed by atoms with E-state index >= 15 is 0 Å². The van der Waals surface area contributed by atoms with Gasteiger partial charge in [-0.15, -0.1) is 0 Å². The summed E-state index contributed by atoms with van der Waals surface area (Å²) in [6.45, 7) is 1.51. The van der Waals surface area contributed by atoms with Crippen molar-refractivity contribution >= 4 is 12.0 Å². The number of aliphatic carboxylic acids is 1. The Kier molecular flexibility index (Phi) is 5.71. The Labute approximate surface area is 99.1 Å². The Balaban J connectivity index is 2.23. The smallest absolute Gasteiger partial charge is 0.326 e. The summed E-state index contributed by atoms with van der Waals surface area (Å²) in [5.74, 6) is -0.861. The van der Waals surface area contributed by atoms with Crippen molar-refractivity contribution in [2.75, 3.05) is 26.4 Å². The number of nitrogens with one attached hydrogen (secondary N) is 2. The Bertz CT molecular complexity index is 265. The van der Waals surface area contributed by atoms with Crippen molar-refractivity contribution in [3.05, 3.63) is 0 Å². The van der Waals surface area contributed by atoms with Crippen LogP contribution in [0.2, 0.25) is 0 Å². The van der Waals surface area contributed by atoms with Gasteiger partial charge in [0, 0.05) is 32.1 Å². The number of carbonyl (C=O) groups is 2. The molecule has 4 N–H and O–H groups in total. The maximum Gasteiger partial charge on any atom is 0.326 e. The van der Waals surface area contributed by atoms with Crippen molar-refractivity contribution in [3.63, 3.8) is 0 Å². The first-order chi connectivity index (χ1) is 8.13. The van der Waals surface area contributed by atoms with Crippen molar-refractivity contribution in [1.82, 2.24) is 10.6 Å². The van der Waals surface area contributed by atoms with Crippen LogP contribution in [0.15, 0.2) is 0 Å². The predicted molar refractivity (Wildman–Crippen MR) is 58.6 cm³/mol. The van der Waals surface area contributed by atoms with E-state index in [4.69, 9.17) is 14.9 Å². The second-order valence-electron chi connectivity index (χ2n) is 3.99. The summed E-state index contributed by atoms with van der Waals surface area (Å²) in [7, 11) is 0. The van der Waals surface area contributed by atoms with E-state index in [1.807, 2.05) is 0 Å². The molecular weight excluding hydrogens is 228 g/mol. The Morgan fingerprint density at radius 2 is 2.24 bits per heavy atom. The van der Waals surface area contributed by atoms with Crippen molar-refractivity contribution in [2.24, 2.45) is 5.92 Å². The molecule has 1 aliphatic heterocycles. The van der Waals surface area contributed by atoms with Gasteiger partial charge in [0.25, 0.3) is 0 Å². The minimum absolute atomic E-state index is 0.00467. The lowest BCUT2D eigenvalue weighted by Crippen LogP contribution is -2.47. The molecule has 1 rings (SSSR count). The molecule has 0 bridgehead atoms. The van der Waals surface area contributed by atoms with Crippen LogP contribution < -0.4 is 10.6 Å². The summed E-state index contributed by atoms with van der Waals surface area (Å²) < 4.78 is 5.15. The van der Waals surface area contributed by atoms with Gasteiger partial charge >= 0.3 is 12.0 Å². The van der Waals surface area contributed by atoms with Gasteiger partial charge in [0.15, 0.2) is 0 Å². The van der Waals surface area contributed by atoms with Gasteiger partial charge in [-0.1, -0.05) is 0 Å². The fourth-order valence-electron chi connectivity index (χ4n) is 1.58. The number of hydrogen-bond donors (Lipinski definition) is 4. The molecule has 0 aliphatic carbocycles. The van der Waals surface area contributed by atoms with E-state index in [1.165, 1.54) is 0 Å². The second kappa shape index (κ2) is 7.08. The highest BCUT2D eigenvalue weighted by Gasteiger charge is 2.20. The van der Waals surface area contributed by atoms with Gasteiger partial charge in [0.2, 0.25) is 0 Å². The molecule has 0 saturated carbocycles. The number of carboxylic acids is 1. The van der Waals surface area contributed by atoms with Crippen molar-refractivity contribution < 1.29 is 24.5 Å². The molecule has 0 aromatic heterocycles. The third-order valence-electron chi connectivity index (χ3n) is 2.60. The number of aliphatic hydroxyl groups is 1. The van der Waals surface area contributed by atoms with Gasteiger partial charge in [-0.3, -0.25) is 0 Å². The SMILES string of the molecule is O=C(NCC1CCOC1)NC(CCO)C(=O)O. The molecule has 98 valence electrons. The highest BCUT2D eigenvalue weighted by molar-refractivity contribution is 5.82.